The Bertz CT molecular complexity index is 813. The normalized spacial score (nSPS) is 11.2. The van der Waals surface area contributed by atoms with Crippen LogP contribution in [0.3, 0.4) is 0 Å². The van der Waals surface area contributed by atoms with Crippen molar-refractivity contribution in [1.82, 2.24) is 10.6 Å². The molecule has 0 amide bonds. The van der Waals surface area contributed by atoms with Crippen molar-refractivity contribution in [2.45, 2.75) is 39.7 Å². The third-order valence-electron chi connectivity index (χ3n) is 4.45. The number of rotatable bonds is 11. The van der Waals surface area contributed by atoms with Gasteiger partial charge >= 0.3 is 0 Å². The van der Waals surface area contributed by atoms with Crippen molar-refractivity contribution in [2.75, 3.05) is 30.4 Å². The lowest BCUT2D eigenvalue weighted by molar-refractivity contribution is 0.340. The molecule has 31 heavy (non-hydrogen) atoms. The maximum absolute atomic E-state index is 5.46. The van der Waals surface area contributed by atoms with E-state index in [1.54, 1.807) is 0 Å². The fourth-order valence-electron chi connectivity index (χ4n) is 2.87. The molecule has 0 unspecified atom stereocenters. The van der Waals surface area contributed by atoms with E-state index in [0.717, 1.165) is 42.3 Å². The topological polar surface area (TPSA) is 66.6 Å². The fraction of sp³-hybridized carbons (Fsp3) is 0.391. The highest BCUT2D eigenvalue weighted by molar-refractivity contribution is 7.80. The van der Waals surface area contributed by atoms with E-state index in [0.29, 0.717) is 23.4 Å². The van der Waals surface area contributed by atoms with Gasteiger partial charge in [-0.1, -0.05) is 6.92 Å². The monoisotopic (exact) mass is 460 g/mol. The molecule has 0 bridgehead atoms. The van der Waals surface area contributed by atoms with Gasteiger partial charge in [-0.25, -0.2) is 0 Å². The van der Waals surface area contributed by atoms with Gasteiger partial charge in [0.15, 0.2) is 10.2 Å². The van der Waals surface area contributed by atoms with Crippen LogP contribution in [0.15, 0.2) is 48.5 Å². The average Bonchev–Trinajstić information content (AvgIpc) is 2.76. The molecule has 168 valence electrons. The molecule has 0 aliphatic carbocycles. The van der Waals surface area contributed by atoms with E-state index in [1.165, 1.54) is 0 Å². The first-order valence-electron chi connectivity index (χ1n) is 10.6. The molecule has 0 aliphatic rings. The van der Waals surface area contributed by atoms with Crippen molar-refractivity contribution in [3.63, 3.8) is 0 Å². The van der Waals surface area contributed by atoms with Crippen molar-refractivity contribution in [2.24, 2.45) is 0 Å². The highest BCUT2D eigenvalue weighted by Crippen LogP contribution is 2.16. The predicted molar refractivity (Wildman–Crippen MR) is 137 cm³/mol. The molecule has 0 aromatic heterocycles. The summed E-state index contributed by atoms with van der Waals surface area (Å²) >= 11 is 10.8. The highest BCUT2D eigenvalue weighted by Gasteiger charge is 2.09. The second-order valence-electron chi connectivity index (χ2n) is 6.79. The summed E-state index contributed by atoms with van der Waals surface area (Å²) in [6, 6.07) is 15.7. The summed E-state index contributed by atoms with van der Waals surface area (Å²) in [6.45, 7) is 8.10. The summed E-state index contributed by atoms with van der Waals surface area (Å²) < 4.78 is 10.9. The minimum absolute atomic E-state index is 0.239. The SMILES string of the molecule is CCOc1ccc(NC(=S)NCC[C@H](CC)NC(=S)Nc2ccc(OCC)cc2)cc1. The molecule has 8 heteroatoms. The Morgan fingerprint density at radius 3 is 1.71 bits per heavy atom. The first-order chi connectivity index (χ1) is 15.0. The Hall–Kier alpha value is -2.58. The molecule has 1 atom stereocenters. The van der Waals surface area contributed by atoms with Gasteiger partial charge in [0.2, 0.25) is 0 Å². The van der Waals surface area contributed by atoms with Gasteiger partial charge < -0.3 is 30.7 Å². The summed E-state index contributed by atoms with van der Waals surface area (Å²) in [4.78, 5) is 0. The first-order valence-corrected chi connectivity index (χ1v) is 11.4. The molecule has 0 saturated carbocycles. The second kappa shape index (κ2) is 13.7. The zero-order chi connectivity index (χ0) is 22.5. The maximum Gasteiger partial charge on any atom is 0.170 e. The molecular formula is C23H32N4O2S2. The third-order valence-corrected chi connectivity index (χ3v) is 4.92. The van der Waals surface area contributed by atoms with Crippen LogP contribution < -0.4 is 30.7 Å². The quantitative estimate of drug-likeness (QED) is 0.352. The van der Waals surface area contributed by atoms with Crippen LogP contribution in [0.25, 0.3) is 0 Å². The highest BCUT2D eigenvalue weighted by atomic mass is 32.1. The molecule has 0 fully saturated rings. The summed E-state index contributed by atoms with van der Waals surface area (Å²) in [5, 5.41) is 14.2. The van der Waals surface area contributed by atoms with Crippen LogP contribution in [-0.2, 0) is 0 Å². The van der Waals surface area contributed by atoms with E-state index in [1.807, 2.05) is 62.4 Å². The van der Waals surface area contributed by atoms with Gasteiger partial charge in [0.25, 0.3) is 0 Å². The third kappa shape index (κ3) is 9.40. The van der Waals surface area contributed by atoms with Crippen molar-refractivity contribution >= 4 is 46.0 Å². The van der Waals surface area contributed by atoms with Gasteiger partial charge in [0, 0.05) is 24.0 Å². The molecule has 2 rings (SSSR count). The van der Waals surface area contributed by atoms with Crippen LogP contribution in [0.2, 0.25) is 0 Å². The largest absolute Gasteiger partial charge is 0.494 e. The fourth-order valence-corrected chi connectivity index (χ4v) is 3.37. The summed E-state index contributed by atoms with van der Waals surface area (Å²) in [5.74, 6) is 1.69. The molecule has 0 spiro atoms. The Morgan fingerprint density at radius 2 is 1.26 bits per heavy atom. The number of ether oxygens (including phenoxy) is 2. The molecule has 0 saturated heterocycles. The standard InChI is InChI=1S/C23H32N4O2S2/c1-4-17(25-23(31)27-19-9-13-21(14-10-19)29-6-3)15-16-24-22(30)26-18-7-11-20(12-8-18)28-5-2/h7-14,17H,4-6,15-16H2,1-3H3,(H2,24,26,30)(H2,25,27,31)/t17-/m0/s1. The molecule has 0 radical (unpaired) electrons. The van der Waals surface area contributed by atoms with E-state index >= 15 is 0 Å². The maximum atomic E-state index is 5.46. The van der Waals surface area contributed by atoms with E-state index in [-0.39, 0.29) is 6.04 Å². The summed E-state index contributed by atoms with van der Waals surface area (Å²) in [6.07, 6.45) is 1.83. The van der Waals surface area contributed by atoms with Gasteiger partial charge in [-0.3, -0.25) is 0 Å². The molecule has 0 aliphatic heterocycles. The van der Waals surface area contributed by atoms with E-state index < -0.39 is 0 Å². The molecule has 4 N–H and O–H groups in total. The minimum atomic E-state index is 0.239. The molecule has 6 nitrogen and oxygen atoms in total. The summed E-state index contributed by atoms with van der Waals surface area (Å²) in [7, 11) is 0. The lowest BCUT2D eigenvalue weighted by Gasteiger charge is -2.20. The smallest absolute Gasteiger partial charge is 0.170 e. The minimum Gasteiger partial charge on any atom is -0.494 e. The van der Waals surface area contributed by atoms with Crippen LogP contribution in [0.5, 0.6) is 11.5 Å². The lowest BCUT2D eigenvalue weighted by Crippen LogP contribution is -2.40. The van der Waals surface area contributed by atoms with E-state index in [4.69, 9.17) is 33.9 Å². The summed E-state index contributed by atoms with van der Waals surface area (Å²) in [5.41, 5.74) is 1.85. The van der Waals surface area contributed by atoms with E-state index in [9.17, 15) is 0 Å². The molecule has 2 aromatic carbocycles. The van der Waals surface area contributed by atoms with Crippen molar-refractivity contribution in [1.29, 1.82) is 0 Å². The van der Waals surface area contributed by atoms with Crippen LogP contribution in [0.4, 0.5) is 11.4 Å². The molecule has 0 heterocycles. The van der Waals surface area contributed by atoms with Crippen LogP contribution in [0.1, 0.15) is 33.6 Å². The van der Waals surface area contributed by atoms with Gasteiger partial charge in [0.05, 0.1) is 13.2 Å². The van der Waals surface area contributed by atoms with Crippen LogP contribution in [-0.4, -0.2) is 36.0 Å². The zero-order valence-electron chi connectivity index (χ0n) is 18.4. The van der Waals surface area contributed by atoms with E-state index in [2.05, 4.69) is 28.2 Å². The van der Waals surface area contributed by atoms with Gasteiger partial charge in [-0.15, -0.1) is 0 Å². The number of hydrogen-bond donors (Lipinski definition) is 4. The Morgan fingerprint density at radius 1 is 0.774 bits per heavy atom. The first kappa shape index (κ1) is 24.7. The van der Waals surface area contributed by atoms with Crippen LogP contribution in [0, 0.1) is 0 Å². The predicted octanol–water partition coefficient (Wildman–Crippen LogP) is 4.93. The Labute approximate surface area is 196 Å². The lowest BCUT2D eigenvalue weighted by atomic mass is 10.1. The number of hydrogen-bond acceptors (Lipinski definition) is 4. The second-order valence-corrected chi connectivity index (χ2v) is 7.60. The van der Waals surface area contributed by atoms with Crippen molar-refractivity contribution in [3.8, 4) is 11.5 Å². The van der Waals surface area contributed by atoms with Gasteiger partial charge in [-0.2, -0.15) is 0 Å². The van der Waals surface area contributed by atoms with Crippen molar-refractivity contribution < 1.29 is 9.47 Å². The number of nitrogens with one attached hydrogen (secondary N) is 4. The number of anilines is 2. The van der Waals surface area contributed by atoms with Gasteiger partial charge in [0.1, 0.15) is 11.5 Å². The number of thiocarbonyl (C=S) groups is 2. The van der Waals surface area contributed by atoms with Crippen LogP contribution >= 0.6 is 24.4 Å². The van der Waals surface area contributed by atoms with Crippen molar-refractivity contribution in [3.05, 3.63) is 48.5 Å². The molecule has 2 aromatic rings. The number of benzene rings is 2. The Balaban J connectivity index is 1.70. The average molecular weight is 461 g/mol. The van der Waals surface area contributed by atoms with Gasteiger partial charge in [-0.05, 0) is 99.7 Å². The zero-order valence-corrected chi connectivity index (χ0v) is 20.0. The molecular weight excluding hydrogens is 428 g/mol. The Kier molecular flexibility index (Phi) is 10.9.